The third kappa shape index (κ3) is 2.47. The summed E-state index contributed by atoms with van der Waals surface area (Å²) in [6, 6.07) is 2.84. The SMILES string of the molecule is Cc1ccc(Br)c([N+](=O)[O-])c1S(=O)(=O)Cl. The maximum Gasteiger partial charge on any atom is 0.303 e. The van der Waals surface area contributed by atoms with Crippen molar-refractivity contribution < 1.29 is 13.3 Å². The molecule has 0 radical (unpaired) electrons. The molecule has 0 unspecified atom stereocenters. The summed E-state index contributed by atoms with van der Waals surface area (Å²) >= 11 is 2.91. The van der Waals surface area contributed by atoms with Gasteiger partial charge in [-0.05, 0) is 34.5 Å². The molecule has 5 nitrogen and oxygen atoms in total. The van der Waals surface area contributed by atoms with E-state index in [0.29, 0.717) is 0 Å². The van der Waals surface area contributed by atoms with Gasteiger partial charge >= 0.3 is 5.69 Å². The lowest BCUT2D eigenvalue weighted by atomic mass is 10.2. The van der Waals surface area contributed by atoms with Gasteiger partial charge in [-0.25, -0.2) is 8.42 Å². The zero-order valence-corrected chi connectivity index (χ0v) is 10.6. The van der Waals surface area contributed by atoms with Crippen LogP contribution in [0.5, 0.6) is 0 Å². The van der Waals surface area contributed by atoms with Crippen LogP contribution in [0.2, 0.25) is 0 Å². The summed E-state index contributed by atoms with van der Waals surface area (Å²) in [7, 11) is 1.00. The molecule has 0 aliphatic carbocycles. The highest BCUT2D eigenvalue weighted by atomic mass is 79.9. The first-order chi connectivity index (χ1) is 6.75. The van der Waals surface area contributed by atoms with Crippen molar-refractivity contribution >= 4 is 41.4 Å². The lowest BCUT2D eigenvalue weighted by Crippen LogP contribution is -2.02. The molecule has 0 amide bonds. The van der Waals surface area contributed by atoms with Crippen LogP contribution >= 0.6 is 26.6 Å². The Morgan fingerprint density at radius 1 is 1.47 bits per heavy atom. The average Bonchev–Trinajstić information content (AvgIpc) is 2.05. The normalized spacial score (nSPS) is 11.4. The Balaban J connectivity index is 3.76. The number of benzene rings is 1. The monoisotopic (exact) mass is 313 g/mol. The Bertz CT molecular complexity index is 528. The molecule has 0 N–H and O–H groups in total. The molecule has 0 aliphatic rings. The first kappa shape index (κ1) is 12.4. The first-order valence-corrected chi connectivity index (χ1v) is 6.73. The van der Waals surface area contributed by atoms with E-state index in [1.165, 1.54) is 19.1 Å². The maximum absolute atomic E-state index is 11.2. The predicted molar refractivity (Wildman–Crippen MR) is 58.6 cm³/mol. The number of rotatable bonds is 2. The topological polar surface area (TPSA) is 77.3 Å². The Labute approximate surface area is 98.7 Å². The highest BCUT2D eigenvalue weighted by molar-refractivity contribution is 9.10. The molecule has 1 aromatic rings. The van der Waals surface area contributed by atoms with Crippen LogP contribution in [0.3, 0.4) is 0 Å². The fraction of sp³-hybridized carbons (Fsp3) is 0.143. The van der Waals surface area contributed by atoms with Crippen molar-refractivity contribution in [2.24, 2.45) is 0 Å². The van der Waals surface area contributed by atoms with Crippen LogP contribution in [0, 0.1) is 17.0 Å². The van der Waals surface area contributed by atoms with E-state index in [4.69, 9.17) is 10.7 Å². The zero-order chi connectivity index (χ0) is 11.8. The van der Waals surface area contributed by atoms with Gasteiger partial charge in [-0.15, -0.1) is 0 Å². The summed E-state index contributed by atoms with van der Waals surface area (Å²) in [6.07, 6.45) is 0. The minimum absolute atomic E-state index is 0.0809. The highest BCUT2D eigenvalue weighted by Crippen LogP contribution is 2.36. The van der Waals surface area contributed by atoms with E-state index in [1.54, 1.807) is 0 Å². The van der Waals surface area contributed by atoms with Crippen molar-refractivity contribution in [2.45, 2.75) is 11.8 Å². The molecule has 8 heteroatoms. The molecule has 0 saturated heterocycles. The van der Waals surface area contributed by atoms with Crippen LogP contribution in [-0.4, -0.2) is 13.3 Å². The van der Waals surface area contributed by atoms with Gasteiger partial charge < -0.3 is 0 Å². The van der Waals surface area contributed by atoms with Gasteiger partial charge in [0.25, 0.3) is 9.05 Å². The summed E-state index contributed by atoms with van der Waals surface area (Å²) in [5, 5.41) is 10.7. The lowest BCUT2D eigenvalue weighted by Gasteiger charge is -2.04. The Kier molecular flexibility index (Phi) is 3.37. The number of aryl methyl sites for hydroxylation is 1. The van der Waals surface area contributed by atoms with E-state index < -0.39 is 24.6 Å². The standard InChI is InChI=1S/C7H5BrClNO4S/c1-4-2-3-5(8)6(10(11)12)7(4)15(9,13)14/h2-3H,1H3. The van der Waals surface area contributed by atoms with Crippen LogP contribution in [0.4, 0.5) is 5.69 Å². The van der Waals surface area contributed by atoms with Crippen LogP contribution in [0.25, 0.3) is 0 Å². The van der Waals surface area contributed by atoms with Crippen molar-refractivity contribution in [3.05, 3.63) is 32.3 Å². The van der Waals surface area contributed by atoms with Crippen LogP contribution < -0.4 is 0 Å². The third-order valence-corrected chi connectivity index (χ3v) is 3.81. The highest BCUT2D eigenvalue weighted by Gasteiger charge is 2.29. The largest absolute Gasteiger partial charge is 0.303 e. The number of halogens is 2. The number of hydrogen-bond acceptors (Lipinski definition) is 4. The molecule has 0 spiro atoms. The first-order valence-electron chi connectivity index (χ1n) is 3.63. The lowest BCUT2D eigenvalue weighted by molar-refractivity contribution is -0.388. The van der Waals surface area contributed by atoms with Crippen molar-refractivity contribution in [1.82, 2.24) is 0 Å². The fourth-order valence-corrected chi connectivity index (χ4v) is 3.18. The van der Waals surface area contributed by atoms with Gasteiger partial charge in [0.1, 0.15) is 0 Å². The Morgan fingerprint density at radius 3 is 2.33 bits per heavy atom. The number of nitrogens with zero attached hydrogens (tertiary/aromatic N) is 1. The quantitative estimate of drug-likeness (QED) is 0.477. The van der Waals surface area contributed by atoms with Gasteiger partial charge in [0.2, 0.25) is 0 Å². The minimum Gasteiger partial charge on any atom is -0.258 e. The van der Waals surface area contributed by atoms with Gasteiger partial charge in [0.05, 0.1) is 9.40 Å². The van der Waals surface area contributed by atoms with Crippen LogP contribution in [0.1, 0.15) is 5.56 Å². The predicted octanol–water partition coefficient (Wildman–Crippen LogP) is 2.59. The summed E-state index contributed by atoms with van der Waals surface area (Å²) in [4.78, 5) is 9.44. The van der Waals surface area contributed by atoms with Gasteiger partial charge in [0.15, 0.2) is 4.90 Å². The molecule has 0 aromatic heterocycles. The molecule has 0 bridgehead atoms. The third-order valence-electron chi connectivity index (χ3n) is 1.71. The van der Waals surface area contributed by atoms with E-state index in [-0.39, 0.29) is 10.0 Å². The number of nitro groups is 1. The van der Waals surface area contributed by atoms with E-state index >= 15 is 0 Å². The molecular weight excluding hydrogens is 310 g/mol. The second kappa shape index (κ2) is 4.07. The molecule has 1 aromatic carbocycles. The average molecular weight is 315 g/mol. The van der Waals surface area contributed by atoms with Crippen LogP contribution in [0.15, 0.2) is 21.5 Å². The molecule has 1 rings (SSSR count). The fourth-order valence-electron chi connectivity index (χ4n) is 1.13. The molecule has 0 atom stereocenters. The van der Waals surface area contributed by atoms with Crippen molar-refractivity contribution in [3.8, 4) is 0 Å². The summed E-state index contributed by atoms with van der Waals surface area (Å²) in [6.45, 7) is 1.44. The van der Waals surface area contributed by atoms with Gasteiger partial charge in [-0.3, -0.25) is 10.1 Å². The Morgan fingerprint density at radius 2 is 2.00 bits per heavy atom. The van der Waals surface area contributed by atoms with Gasteiger partial charge in [-0.1, -0.05) is 6.07 Å². The van der Waals surface area contributed by atoms with Gasteiger partial charge in [0, 0.05) is 10.7 Å². The molecule has 0 aliphatic heterocycles. The van der Waals surface area contributed by atoms with Crippen molar-refractivity contribution in [3.63, 3.8) is 0 Å². The zero-order valence-electron chi connectivity index (χ0n) is 7.40. The second-order valence-corrected chi connectivity index (χ2v) is 6.09. The molecular formula is C7H5BrClNO4S. The second-order valence-electron chi connectivity index (χ2n) is 2.74. The molecule has 0 heterocycles. The van der Waals surface area contributed by atoms with Crippen molar-refractivity contribution in [2.75, 3.05) is 0 Å². The van der Waals surface area contributed by atoms with E-state index in [9.17, 15) is 18.5 Å². The smallest absolute Gasteiger partial charge is 0.258 e. The van der Waals surface area contributed by atoms with E-state index in [2.05, 4.69) is 15.9 Å². The summed E-state index contributed by atoms with van der Waals surface area (Å²) in [5.74, 6) is 0. The number of nitro benzene ring substituents is 1. The molecule has 82 valence electrons. The van der Waals surface area contributed by atoms with Crippen molar-refractivity contribution in [1.29, 1.82) is 0 Å². The Hall–Kier alpha value is -0.660. The maximum atomic E-state index is 11.2. The molecule has 0 saturated carbocycles. The number of hydrogen-bond donors (Lipinski definition) is 0. The molecule has 0 fully saturated rings. The minimum atomic E-state index is -4.13. The van der Waals surface area contributed by atoms with Crippen LogP contribution in [-0.2, 0) is 9.05 Å². The summed E-state index contributed by atoms with van der Waals surface area (Å²) in [5.41, 5.74) is -0.301. The molecule has 15 heavy (non-hydrogen) atoms. The van der Waals surface area contributed by atoms with E-state index in [1.807, 2.05) is 0 Å². The summed E-state index contributed by atoms with van der Waals surface area (Å²) < 4.78 is 22.4. The van der Waals surface area contributed by atoms with E-state index in [0.717, 1.165) is 0 Å². The van der Waals surface area contributed by atoms with Gasteiger partial charge in [-0.2, -0.15) is 0 Å².